The van der Waals surface area contributed by atoms with Gasteiger partial charge in [0.05, 0.1) is 19.3 Å². The van der Waals surface area contributed by atoms with Gasteiger partial charge in [0.15, 0.2) is 0 Å². The molecule has 6 nitrogen and oxygen atoms in total. The number of anilines is 1. The minimum absolute atomic E-state index is 0.0654. The number of ether oxygens (including phenoxy) is 2. The minimum atomic E-state index is -0.557. The Morgan fingerprint density at radius 3 is 2.47 bits per heavy atom. The standard InChI is InChI=1S/C24H20N2O4/c1-3-30-22-13-10-16-6-4-5-7-20(16)21(22)14-18(15-25)23(27)26-19-11-8-17(9-12-19)24(28)29-2/h4-14H,3H2,1-2H3,(H,26,27)/b18-14+. The summed E-state index contributed by atoms with van der Waals surface area (Å²) in [4.78, 5) is 24.2. The number of nitrogens with one attached hydrogen (secondary N) is 1. The van der Waals surface area contributed by atoms with Crippen molar-refractivity contribution in [1.29, 1.82) is 5.26 Å². The van der Waals surface area contributed by atoms with Gasteiger partial charge in [-0.25, -0.2) is 4.79 Å². The second-order valence-electron chi connectivity index (χ2n) is 6.32. The Morgan fingerprint density at radius 2 is 1.80 bits per heavy atom. The maximum atomic E-state index is 12.7. The van der Waals surface area contributed by atoms with Crippen molar-refractivity contribution in [3.05, 3.63) is 77.4 Å². The van der Waals surface area contributed by atoms with Crippen LogP contribution in [-0.4, -0.2) is 25.6 Å². The summed E-state index contributed by atoms with van der Waals surface area (Å²) in [5, 5.41) is 14.1. The summed E-state index contributed by atoms with van der Waals surface area (Å²) in [5.41, 5.74) is 1.42. The van der Waals surface area contributed by atoms with Gasteiger partial charge in [-0.05, 0) is 54.1 Å². The smallest absolute Gasteiger partial charge is 0.337 e. The van der Waals surface area contributed by atoms with Gasteiger partial charge in [-0.15, -0.1) is 0 Å². The Balaban J connectivity index is 1.94. The average molecular weight is 400 g/mol. The van der Waals surface area contributed by atoms with E-state index in [9.17, 15) is 14.9 Å². The first-order valence-corrected chi connectivity index (χ1v) is 9.33. The molecule has 0 aliphatic carbocycles. The van der Waals surface area contributed by atoms with Crippen LogP contribution < -0.4 is 10.1 Å². The molecule has 1 N–H and O–H groups in total. The average Bonchev–Trinajstić information content (AvgIpc) is 2.78. The third-order valence-corrected chi connectivity index (χ3v) is 4.45. The lowest BCUT2D eigenvalue weighted by Gasteiger charge is -2.11. The Kier molecular flexibility index (Phi) is 6.46. The van der Waals surface area contributed by atoms with Crippen LogP contribution in [0.25, 0.3) is 16.8 Å². The molecular weight excluding hydrogens is 380 g/mol. The Bertz CT molecular complexity index is 1160. The summed E-state index contributed by atoms with van der Waals surface area (Å²) in [6.45, 7) is 2.33. The van der Waals surface area contributed by atoms with Crippen LogP contribution in [0.15, 0.2) is 66.2 Å². The van der Waals surface area contributed by atoms with Crippen molar-refractivity contribution in [3.8, 4) is 11.8 Å². The van der Waals surface area contributed by atoms with Crippen molar-refractivity contribution in [1.82, 2.24) is 0 Å². The number of carbonyl (C=O) groups is 2. The highest BCUT2D eigenvalue weighted by Gasteiger charge is 2.14. The molecule has 6 heteroatoms. The van der Waals surface area contributed by atoms with E-state index in [4.69, 9.17) is 4.74 Å². The molecule has 0 unspecified atom stereocenters. The number of nitriles is 1. The van der Waals surface area contributed by atoms with E-state index in [1.165, 1.54) is 25.3 Å². The molecule has 150 valence electrons. The van der Waals surface area contributed by atoms with E-state index in [1.54, 1.807) is 12.1 Å². The fourth-order valence-electron chi connectivity index (χ4n) is 3.00. The van der Waals surface area contributed by atoms with E-state index in [0.29, 0.717) is 29.2 Å². The van der Waals surface area contributed by atoms with Gasteiger partial charge >= 0.3 is 5.97 Å². The number of nitrogens with zero attached hydrogens (tertiary/aromatic N) is 1. The van der Waals surface area contributed by atoms with E-state index in [-0.39, 0.29) is 5.57 Å². The first-order chi connectivity index (χ1) is 14.6. The van der Waals surface area contributed by atoms with E-state index in [0.717, 1.165) is 10.8 Å². The highest BCUT2D eigenvalue weighted by atomic mass is 16.5. The number of hydrogen-bond donors (Lipinski definition) is 1. The number of fused-ring (bicyclic) bond motifs is 1. The van der Waals surface area contributed by atoms with E-state index in [2.05, 4.69) is 10.1 Å². The van der Waals surface area contributed by atoms with Gasteiger partial charge in [-0.2, -0.15) is 5.26 Å². The summed E-state index contributed by atoms with van der Waals surface area (Å²) in [6.07, 6.45) is 1.53. The Labute approximate surface area is 174 Å². The maximum absolute atomic E-state index is 12.7. The van der Waals surface area contributed by atoms with Crippen LogP contribution in [0.1, 0.15) is 22.8 Å². The number of methoxy groups -OCH3 is 1. The second kappa shape index (κ2) is 9.39. The molecule has 1 amide bonds. The zero-order chi connectivity index (χ0) is 21.5. The van der Waals surface area contributed by atoms with Crippen molar-refractivity contribution >= 4 is 34.4 Å². The topological polar surface area (TPSA) is 88.4 Å². The molecule has 0 aliphatic rings. The quantitative estimate of drug-likeness (QED) is 0.372. The third kappa shape index (κ3) is 4.47. The molecule has 0 fully saturated rings. The number of rotatable bonds is 6. The number of carbonyl (C=O) groups excluding carboxylic acids is 2. The molecular formula is C24H20N2O4. The normalized spacial score (nSPS) is 10.9. The molecule has 0 bridgehead atoms. The lowest BCUT2D eigenvalue weighted by atomic mass is 10.0. The summed E-state index contributed by atoms with van der Waals surface area (Å²) in [6, 6.07) is 19.6. The van der Waals surface area contributed by atoms with Crippen molar-refractivity contribution in [2.24, 2.45) is 0 Å². The molecule has 0 spiro atoms. The summed E-state index contributed by atoms with van der Waals surface area (Å²) in [7, 11) is 1.30. The molecule has 0 atom stereocenters. The molecule has 0 aliphatic heterocycles. The zero-order valence-electron chi connectivity index (χ0n) is 16.6. The van der Waals surface area contributed by atoms with E-state index < -0.39 is 11.9 Å². The Morgan fingerprint density at radius 1 is 1.07 bits per heavy atom. The number of amides is 1. The number of hydrogen-bond acceptors (Lipinski definition) is 5. The van der Waals surface area contributed by atoms with Gasteiger partial charge in [0.2, 0.25) is 0 Å². The fourth-order valence-corrected chi connectivity index (χ4v) is 3.00. The summed E-state index contributed by atoms with van der Waals surface area (Å²) in [5.74, 6) is -0.428. The first-order valence-electron chi connectivity index (χ1n) is 9.33. The largest absolute Gasteiger partial charge is 0.493 e. The van der Waals surface area contributed by atoms with Gasteiger partial charge in [0.1, 0.15) is 17.4 Å². The predicted octanol–water partition coefficient (Wildman–Crippen LogP) is 4.57. The molecule has 0 saturated carbocycles. The van der Waals surface area contributed by atoms with Crippen LogP contribution in [0.5, 0.6) is 5.75 Å². The first kappa shape index (κ1) is 20.6. The minimum Gasteiger partial charge on any atom is -0.493 e. The molecule has 3 aromatic carbocycles. The van der Waals surface area contributed by atoms with E-state index in [1.807, 2.05) is 49.4 Å². The Hall–Kier alpha value is -4.11. The van der Waals surface area contributed by atoms with Crippen LogP contribution in [-0.2, 0) is 9.53 Å². The number of esters is 1. The van der Waals surface area contributed by atoms with Crippen molar-refractivity contribution in [2.45, 2.75) is 6.92 Å². The molecule has 3 rings (SSSR count). The van der Waals surface area contributed by atoms with Gasteiger partial charge in [0.25, 0.3) is 5.91 Å². The van der Waals surface area contributed by atoms with Gasteiger partial charge in [0, 0.05) is 11.3 Å². The molecule has 0 radical (unpaired) electrons. The fraction of sp³-hybridized carbons (Fsp3) is 0.125. The molecule has 0 heterocycles. The highest BCUT2D eigenvalue weighted by molar-refractivity contribution is 6.11. The molecule has 3 aromatic rings. The van der Waals surface area contributed by atoms with Crippen LogP contribution in [0.3, 0.4) is 0 Å². The SMILES string of the molecule is CCOc1ccc2ccccc2c1/C=C(\C#N)C(=O)Nc1ccc(C(=O)OC)cc1. The van der Waals surface area contributed by atoms with Crippen molar-refractivity contribution in [2.75, 3.05) is 19.0 Å². The van der Waals surface area contributed by atoms with Gasteiger partial charge in [-0.1, -0.05) is 30.3 Å². The predicted molar refractivity (Wildman–Crippen MR) is 115 cm³/mol. The van der Waals surface area contributed by atoms with Crippen LogP contribution in [0.4, 0.5) is 5.69 Å². The van der Waals surface area contributed by atoms with E-state index >= 15 is 0 Å². The van der Waals surface area contributed by atoms with Gasteiger partial charge < -0.3 is 14.8 Å². The summed E-state index contributed by atoms with van der Waals surface area (Å²) < 4.78 is 10.4. The highest BCUT2D eigenvalue weighted by Crippen LogP contribution is 2.30. The lowest BCUT2D eigenvalue weighted by Crippen LogP contribution is -2.13. The van der Waals surface area contributed by atoms with Crippen LogP contribution >= 0.6 is 0 Å². The molecule has 30 heavy (non-hydrogen) atoms. The second-order valence-corrected chi connectivity index (χ2v) is 6.32. The van der Waals surface area contributed by atoms with Crippen LogP contribution in [0.2, 0.25) is 0 Å². The summed E-state index contributed by atoms with van der Waals surface area (Å²) >= 11 is 0. The monoisotopic (exact) mass is 400 g/mol. The van der Waals surface area contributed by atoms with Crippen molar-refractivity contribution < 1.29 is 19.1 Å². The zero-order valence-corrected chi connectivity index (χ0v) is 16.6. The molecule has 0 saturated heterocycles. The van der Waals surface area contributed by atoms with Gasteiger partial charge in [-0.3, -0.25) is 4.79 Å². The molecule has 0 aromatic heterocycles. The third-order valence-electron chi connectivity index (χ3n) is 4.45. The number of benzene rings is 3. The lowest BCUT2D eigenvalue weighted by molar-refractivity contribution is -0.112. The van der Waals surface area contributed by atoms with Crippen molar-refractivity contribution in [3.63, 3.8) is 0 Å². The maximum Gasteiger partial charge on any atom is 0.337 e. The van der Waals surface area contributed by atoms with Crippen LogP contribution in [0, 0.1) is 11.3 Å².